The molecular formula is C11H15N5S. The van der Waals surface area contributed by atoms with Crippen molar-refractivity contribution in [3.63, 3.8) is 0 Å². The van der Waals surface area contributed by atoms with Crippen molar-refractivity contribution in [3.8, 4) is 0 Å². The monoisotopic (exact) mass is 249 g/mol. The number of thioether (sulfide) groups is 1. The van der Waals surface area contributed by atoms with Gasteiger partial charge in [0.2, 0.25) is 0 Å². The van der Waals surface area contributed by atoms with Gasteiger partial charge in [-0.2, -0.15) is 0 Å². The number of aromatic nitrogens is 4. The first-order chi connectivity index (χ1) is 8.31. The van der Waals surface area contributed by atoms with Crippen molar-refractivity contribution in [2.24, 2.45) is 5.73 Å². The van der Waals surface area contributed by atoms with E-state index in [9.17, 15) is 0 Å². The summed E-state index contributed by atoms with van der Waals surface area (Å²) in [6.45, 7) is 3.31. The molecule has 0 amide bonds. The van der Waals surface area contributed by atoms with Crippen LogP contribution in [0, 0.1) is 6.92 Å². The van der Waals surface area contributed by atoms with Gasteiger partial charge in [0.15, 0.2) is 5.82 Å². The van der Waals surface area contributed by atoms with Crippen LogP contribution in [0.2, 0.25) is 0 Å². The topological polar surface area (TPSA) is 69.6 Å². The van der Waals surface area contributed by atoms with E-state index in [1.807, 2.05) is 12.1 Å². The molecule has 0 radical (unpaired) electrons. The molecule has 0 bridgehead atoms. The number of hydrogen-bond acceptors (Lipinski definition) is 5. The van der Waals surface area contributed by atoms with Crippen LogP contribution < -0.4 is 5.73 Å². The molecule has 0 unspecified atom stereocenters. The zero-order valence-corrected chi connectivity index (χ0v) is 10.5. The van der Waals surface area contributed by atoms with Crippen LogP contribution in [0.25, 0.3) is 0 Å². The van der Waals surface area contributed by atoms with Crippen LogP contribution in [0.15, 0.2) is 29.2 Å². The minimum Gasteiger partial charge on any atom is -0.329 e. The molecule has 6 heteroatoms. The average molecular weight is 249 g/mol. The number of tetrazole rings is 1. The van der Waals surface area contributed by atoms with E-state index in [0.717, 1.165) is 11.6 Å². The molecule has 17 heavy (non-hydrogen) atoms. The van der Waals surface area contributed by atoms with Gasteiger partial charge in [-0.15, -0.1) is 16.9 Å². The van der Waals surface area contributed by atoms with E-state index in [4.69, 9.17) is 5.73 Å². The van der Waals surface area contributed by atoms with Crippen LogP contribution in [0.3, 0.4) is 0 Å². The van der Waals surface area contributed by atoms with Crippen molar-refractivity contribution in [2.45, 2.75) is 24.1 Å². The Labute approximate surface area is 104 Å². The Kier molecular flexibility index (Phi) is 4.11. The normalized spacial score (nSPS) is 10.7. The second-order valence-electron chi connectivity index (χ2n) is 3.66. The van der Waals surface area contributed by atoms with E-state index in [2.05, 4.69) is 34.6 Å². The first kappa shape index (κ1) is 12.1. The SMILES string of the molecule is Cc1ccccc1SCc1nnnn1CCN. The molecule has 2 aromatic rings. The minimum atomic E-state index is 0.549. The van der Waals surface area contributed by atoms with Crippen molar-refractivity contribution in [3.05, 3.63) is 35.7 Å². The Balaban J connectivity index is 2.02. The first-order valence-electron chi connectivity index (χ1n) is 5.45. The molecule has 0 saturated heterocycles. The molecule has 0 atom stereocenters. The quantitative estimate of drug-likeness (QED) is 0.807. The maximum absolute atomic E-state index is 5.50. The summed E-state index contributed by atoms with van der Waals surface area (Å²) in [5.41, 5.74) is 6.77. The van der Waals surface area contributed by atoms with E-state index in [1.165, 1.54) is 10.5 Å². The fourth-order valence-electron chi connectivity index (χ4n) is 1.48. The molecule has 1 heterocycles. The summed E-state index contributed by atoms with van der Waals surface area (Å²) in [5, 5.41) is 11.6. The standard InChI is InChI=1S/C11H15N5S/c1-9-4-2-3-5-10(9)17-8-11-13-14-15-16(11)7-6-12/h2-5H,6-8,12H2,1H3. The first-order valence-corrected chi connectivity index (χ1v) is 6.43. The highest BCUT2D eigenvalue weighted by Crippen LogP contribution is 2.24. The molecule has 1 aromatic carbocycles. The zero-order chi connectivity index (χ0) is 12.1. The lowest BCUT2D eigenvalue weighted by Gasteiger charge is -2.05. The van der Waals surface area contributed by atoms with Crippen molar-refractivity contribution < 1.29 is 0 Å². The van der Waals surface area contributed by atoms with Gasteiger partial charge >= 0.3 is 0 Å². The lowest BCUT2D eigenvalue weighted by atomic mass is 10.2. The molecule has 0 saturated carbocycles. The van der Waals surface area contributed by atoms with Gasteiger partial charge in [-0.05, 0) is 29.0 Å². The molecular weight excluding hydrogens is 234 g/mol. The van der Waals surface area contributed by atoms with Crippen LogP contribution in [0.4, 0.5) is 0 Å². The fraction of sp³-hybridized carbons (Fsp3) is 0.364. The van der Waals surface area contributed by atoms with E-state index >= 15 is 0 Å². The molecule has 0 aliphatic carbocycles. The third-order valence-electron chi connectivity index (χ3n) is 2.40. The number of aryl methyl sites for hydroxylation is 1. The zero-order valence-electron chi connectivity index (χ0n) is 9.71. The fourth-order valence-corrected chi connectivity index (χ4v) is 2.45. The second-order valence-corrected chi connectivity index (χ2v) is 4.68. The molecule has 0 fully saturated rings. The predicted octanol–water partition coefficient (Wildman–Crippen LogP) is 1.23. The number of rotatable bonds is 5. The van der Waals surface area contributed by atoms with Gasteiger partial charge in [-0.1, -0.05) is 18.2 Å². The Morgan fingerprint density at radius 1 is 1.35 bits per heavy atom. The van der Waals surface area contributed by atoms with Crippen LogP contribution >= 0.6 is 11.8 Å². The molecule has 2 N–H and O–H groups in total. The Hall–Kier alpha value is -1.40. The van der Waals surface area contributed by atoms with E-state index in [-0.39, 0.29) is 0 Å². The number of hydrogen-bond donors (Lipinski definition) is 1. The average Bonchev–Trinajstić information content (AvgIpc) is 2.76. The minimum absolute atomic E-state index is 0.549. The summed E-state index contributed by atoms with van der Waals surface area (Å²) in [7, 11) is 0. The van der Waals surface area contributed by atoms with Gasteiger partial charge in [0, 0.05) is 11.4 Å². The summed E-state index contributed by atoms with van der Waals surface area (Å²) >= 11 is 1.74. The number of nitrogens with zero attached hydrogens (tertiary/aromatic N) is 4. The molecule has 0 aliphatic heterocycles. The van der Waals surface area contributed by atoms with Crippen LogP contribution in [-0.2, 0) is 12.3 Å². The lowest BCUT2D eigenvalue weighted by Crippen LogP contribution is -2.13. The highest BCUT2D eigenvalue weighted by Gasteiger charge is 2.06. The maximum atomic E-state index is 5.50. The van der Waals surface area contributed by atoms with Gasteiger partial charge in [0.1, 0.15) is 0 Å². The van der Waals surface area contributed by atoms with Crippen molar-refractivity contribution in [1.82, 2.24) is 20.2 Å². The van der Waals surface area contributed by atoms with Gasteiger partial charge in [0.05, 0.1) is 12.3 Å². The van der Waals surface area contributed by atoms with Gasteiger partial charge in [-0.3, -0.25) is 0 Å². The third-order valence-corrected chi connectivity index (χ3v) is 3.57. The maximum Gasteiger partial charge on any atom is 0.161 e. The van der Waals surface area contributed by atoms with Crippen LogP contribution in [-0.4, -0.2) is 26.8 Å². The smallest absolute Gasteiger partial charge is 0.161 e. The molecule has 0 aliphatic rings. The highest BCUT2D eigenvalue weighted by molar-refractivity contribution is 7.98. The summed E-state index contributed by atoms with van der Waals surface area (Å²) < 4.78 is 1.76. The Morgan fingerprint density at radius 2 is 2.18 bits per heavy atom. The van der Waals surface area contributed by atoms with Crippen LogP contribution in [0.1, 0.15) is 11.4 Å². The summed E-state index contributed by atoms with van der Waals surface area (Å²) in [5.74, 6) is 1.63. The van der Waals surface area contributed by atoms with E-state index in [1.54, 1.807) is 16.4 Å². The molecule has 0 spiro atoms. The van der Waals surface area contributed by atoms with Gasteiger partial charge in [-0.25, -0.2) is 4.68 Å². The van der Waals surface area contributed by atoms with E-state index in [0.29, 0.717) is 13.1 Å². The molecule has 1 aromatic heterocycles. The Morgan fingerprint density at radius 3 is 2.94 bits per heavy atom. The van der Waals surface area contributed by atoms with E-state index < -0.39 is 0 Å². The molecule has 2 rings (SSSR count). The third kappa shape index (κ3) is 3.04. The van der Waals surface area contributed by atoms with Gasteiger partial charge in [0.25, 0.3) is 0 Å². The number of benzene rings is 1. The van der Waals surface area contributed by atoms with Crippen molar-refractivity contribution >= 4 is 11.8 Å². The number of nitrogens with two attached hydrogens (primary N) is 1. The largest absolute Gasteiger partial charge is 0.329 e. The van der Waals surface area contributed by atoms with Gasteiger partial charge < -0.3 is 5.73 Å². The van der Waals surface area contributed by atoms with Crippen molar-refractivity contribution in [2.75, 3.05) is 6.54 Å². The second kappa shape index (κ2) is 5.79. The molecule has 90 valence electrons. The summed E-state index contributed by atoms with van der Waals surface area (Å²) in [4.78, 5) is 1.26. The predicted molar refractivity (Wildman–Crippen MR) is 67.6 cm³/mol. The van der Waals surface area contributed by atoms with Crippen LogP contribution in [0.5, 0.6) is 0 Å². The summed E-state index contributed by atoms with van der Waals surface area (Å²) in [6.07, 6.45) is 0. The highest BCUT2D eigenvalue weighted by atomic mass is 32.2. The molecule has 5 nitrogen and oxygen atoms in total. The lowest BCUT2D eigenvalue weighted by molar-refractivity contribution is 0.582. The van der Waals surface area contributed by atoms with Crippen molar-refractivity contribution in [1.29, 1.82) is 0 Å². The Bertz CT molecular complexity index is 482. The summed E-state index contributed by atoms with van der Waals surface area (Å²) in [6, 6.07) is 8.29.